The van der Waals surface area contributed by atoms with Crippen molar-refractivity contribution in [2.75, 3.05) is 31.7 Å². The number of nitrogens with zero attached hydrogens (tertiary/aromatic N) is 2. The van der Waals surface area contributed by atoms with Gasteiger partial charge in [-0.1, -0.05) is 13.3 Å². The first-order chi connectivity index (χ1) is 10.6. The molecule has 1 aromatic rings. The number of piperidine rings is 1. The number of aliphatic hydroxyl groups is 2. The van der Waals surface area contributed by atoms with E-state index in [0.717, 1.165) is 12.8 Å². The highest BCUT2D eigenvalue weighted by Crippen LogP contribution is 2.36. The van der Waals surface area contributed by atoms with Gasteiger partial charge >= 0.3 is 5.97 Å². The van der Waals surface area contributed by atoms with Gasteiger partial charge in [-0.05, 0) is 25.0 Å². The number of rotatable bonds is 5. The normalized spacial score (nSPS) is 25.1. The number of methoxy groups -OCH3 is 1. The molecular weight excluding hydrogens is 284 g/mol. The van der Waals surface area contributed by atoms with Gasteiger partial charge in [-0.15, -0.1) is 0 Å². The second-order valence-corrected chi connectivity index (χ2v) is 5.86. The average molecular weight is 308 g/mol. The number of hydrogen-bond acceptors (Lipinski definition) is 6. The second-order valence-electron chi connectivity index (χ2n) is 5.86. The number of hydrogen-bond donors (Lipinski definition) is 2. The Morgan fingerprint density at radius 1 is 1.59 bits per heavy atom. The van der Waals surface area contributed by atoms with Crippen molar-refractivity contribution >= 4 is 11.8 Å². The third kappa shape index (κ3) is 3.08. The Morgan fingerprint density at radius 2 is 2.36 bits per heavy atom. The zero-order chi connectivity index (χ0) is 16.2. The first-order valence-electron chi connectivity index (χ1n) is 7.65. The summed E-state index contributed by atoms with van der Waals surface area (Å²) in [7, 11) is 1.34. The molecule has 1 aliphatic rings. The predicted molar refractivity (Wildman–Crippen MR) is 82.8 cm³/mol. The summed E-state index contributed by atoms with van der Waals surface area (Å²) in [5, 5.41) is 20.2. The van der Waals surface area contributed by atoms with Crippen molar-refractivity contribution in [2.45, 2.75) is 32.3 Å². The molecule has 6 nitrogen and oxygen atoms in total. The minimum absolute atomic E-state index is 0.0844. The second kappa shape index (κ2) is 7.07. The number of carbonyl (C=O) groups is 1. The molecule has 0 unspecified atom stereocenters. The van der Waals surface area contributed by atoms with E-state index in [-0.39, 0.29) is 6.61 Å². The summed E-state index contributed by atoms with van der Waals surface area (Å²) >= 11 is 0. The molecule has 22 heavy (non-hydrogen) atoms. The number of aliphatic hydroxyl groups excluding tert-OH is 2. The van der Waals surface area contributed by atoms with Crippen LogP contribution in [0.2, 0.25) is 0 Å². The maximum atomic E-state index is 11.9. The fourth-order valence-corrected chi connectivity index (χ4v) is 3.23. The van der Waals surface area contributed by atoms with Gasteiger partial charge in [0.15, 0.2) is 0 Å². The molecule has 1 aromatic heterocycles. The van der Waals surface area contributed by atoms with Crippen LogP contribution in [0.5, 0.6) is 0 Å². The average Bonchev–Trinajstić information content (AvgIpc) is 2.56. The largest absolute Gasteiger partial charge is 0.465 e. The van der Waals surface area contributed by atoms with Crippen LogP contribution in [0.4, 0.5) is 5.82 Å². The summed E-state index contributed by atoms with van der Waals surface area (Å²) < 4.78 is 4.81. The van der Waals surface area contributed by atoms with E-state index in [9.17, 15) is 15.0 Å². The van der Waals surface area contributed by atoms with Crippen LogP contribution in [0, 0.1) is 5.41 Å². The van der Waals surface area contributed by atoms with Crippen molar-refractivity contribution in [1.82, 2.24) is 4.98 Å². The van der Waals surface area contributed by atoms with Crippen LogP contribution >= 0.6 is 0 Å². The standard InChI is InChI=1S/C16H24N2O4/c1-3-7-16(11-19)10-18(9-6-13(16)20)14-12(15(21)22-2)5-4-8-17-14/h4-5,8,13,19-20H,3,6-7,9-11H2,1-2H3/t13-,16+/m1/s1. The van der Waals surface area contributed by atoms with Gasteiger partial charge in [0.25, 0.3) is 0 Å². The van der Waals surface area contributed by atoms with Crippen LogP contribution in [0.1, 0.15) is 36.5 Å². The van der Waals surface area contributed by atoms with Gasteiger partial charge in [0, 0.05) is 24.7 Å². The highest BCUT2D eigenvalue weighted by molar-refractivity contribution is 5.94. The van der Waals surface area contributed by atoms with Crippen molar-refractivity contribution in [1.29, 1.82) is 0 Å². The monoisotopic (exact) mass is 308 g/mol. The molecule has 0 amide bonds. The Balaban J connectivity index is 2.32. The predicted octanol–water partition coefficient (Wildman–Crippen LogP) is 1.22. The summed E-state index contributed by atoms with van der Waals surface area (Å²) in [4.78, 5) is 18.2. The van der Waals surface area contributed by atoms with Crippen LogP contribution < -0.4 is 4.90 Å². The lowest BCUT2D eigenvalue weighted by molar-refractivity contribution is -0.0353. The molecule has 0 aromatic carbocycles. The molecule has 2 heterocycles. The lowest BCUT2D eigenvalue weighted by Gasteiger charge is -2.46. The first kappa shape index (κ1) is 16.7. The lowest BCUT2D eigenvalue weighted by atomic mass is 9.74. The molecule has 0 saturated carbocycles. The Hall–Kier alpha value is -1.66. The first-order valence-corrected chi connectivity index (χ1v) is 7.65. The van der Waals surface area contributed by atoms with Gasteiger partial charge in [-0.2, -0.15) is 0 Å². The fourth-order valence-electron chi connectivity index (χ4n) is 3.23. The third-order valence-electron chi connectivity index (χ3n) is 4.44. The van der Waals surface area contributed by atoms with Crippen LogP contribution in [-0.4, -0.2) is 54.1 Å². The molecule has 0 bridgehead atoms. The number of anilines is 1. The summed E-state index contributed by atoms with van der Waals surface area (Å²) in [6.07, 6.45) is 3.23. The third-order valence-corrected chi connectivity index (χ3v) is 4.44. The van der Waals surface area contributed by atoms with Gasteiger partial charge in [0.2, 0.25) is 0 Å². The van der Waals surface area contributed by atoms with Crippen LogP contribution in [0.25, 0.3) is 0 Å². The van der Waals surface area contributed by atoms with Crippen LogP contribution in [-0.2, 0) is 4.74 Å². The fraction of sp³-hybridized carbons (Fsp3) is 0.625. The molecule has 6 heteroatoms. The van der Waals surface area contributed by atoms with Gasteiger partial charge in [0.1, 0.15) is 11.4 Å². The van der Waals surface area contributed by atoms with Crippen LogP contribution in [0.15, 0.2) is 18.3 Å². The summed E-state index contributed by atoms with van der Waals surface area (Å²) in [6.45, 7) is 3.01. The van der Waals surface area contributed by atoms with Crippen molar-refractivity contribution in [3.63, 3.8) is 0 Å². The Labute approximate surface area is 130 Å². The summed E-state index contributed by atoms with van der Waals surface area (Å²) in [6, 6.07) is 3.37. The SMILES string of the molecule is CCC[C@@]1(CO)CN(c2ncccc2C(=O)OC)CC[C@H]1O. The maximum absolute atomic E-state index is 11.9. The van der Waals surface area contributed by atoms with E-state index in [2.05, 4.69) is 4.98 Å². The maximum Gasteiger partial charge on any atom is 0.341 e. The smallest absolute Gasteiger partial charge is 0.341 e. The lowest BCUT2D eigenvalue weighted by Crippen LogP contribution is -2.54. The number of aromatic nitrogens is 1. The molecule has 122 valence electrons. The van der Waals surface area contributed by atoms with E-state index in [0.29, 0.717) is 30.9 Å². The zero-order valence-corrected chi connectivity index (χ0v) is 13.2. The van der Waals surface area contributed by atoms with Gasteiger partial charge in [-0.3, -0.25) is 0 Å². The molecular formula is C16H24N2O4. The van der Waals surface area contributed by atoms with E-state index in [1.165, 1.54) is 7.11 Å². The summed E-state index contributed by atoms with van der Waals surface area (Å²) in [5.41, 5.74) is -0.164. The van der Waals surface area contributed by atoms with E-state index in [1.807, 2.05) is 11.8 Å². The van der Waals surface area contributed by atoms with Crippen molar-refractivity contribution in [3.05, 3.63) is 23.9 Å². The number of pyridine rings is 1. The molecule has 1 saturated heterocycles. The van der Waals surface area contributed by atoms with Crippen LogP contribution in [0.3, 0.4) is 0 Å². The molecule has 1 fully saturated rings. The molecule has 2 atom stereocenters. The van der Waals surface area contributed by atoms with E-state index >= 15 is 0 Å². The van der Waals surface area contributed by atoms with Gasteiger partial charge < -0.3 is 19.8 Å². The quantitative estimate of drug-likeness (QED) is 0.796. The molecule has 1 aliphatic heterocycles. The number of esters is 1. The Kier molecular flexibility index (Phi) is 5.37. The minimum atomic E-state index is -0.572. The molecule has 2 rings (SSSR count). The topological polar surface area (TPSA) is 82.9 Å². The van der Waals surface area contributed by atoms with Crippen molar-refractivity contribution < 1.29 is 19.7 Å². The molecule has 0 aliphatic carbocycles. The van der Waals surface area contributed by atoms with E-state index in [4.69, 9.17) is 4.74 Å². The highest BCUT2D eigenvalue weighted by Gasteiger charge is 2.42. The van der Waals surface area contributed by atoms with Crippen molar-refractivity contribution in [3.8, 4) is 0 Å². The Morgan fingerprint density at radius 3 is 3.00 bits per heavy atom. The van der Waals surface area contributed by atoms with E-state index < -0.39 is 17.5 Å². The molecule has 0 radical (unpaired) electrons. The van der Waals surface area contributed by atoms with E-state index in [1.54, 1.807) is 18.3 Å². The zero-order valence-electron chi connectivity index (χ0n) is 13.2. The minimum Gasteiger partial charge on any atom is -0.465 e. The molecule has 2 N–H and O–H groups in total. The Bertz CT molecular complexity index is 523. The van der Waals surface area contributed by atoms with Crippen molar-refractivity contribution in [2.24, 2.45) is 5.41 Å². The highest BCUT2D eigenvalue weighted by atomic mass is 16.5. The number of ether oxygens (including phenoxy) is 1. The molecule has 0 spiro atoms. The van der Waals surface area contributed by atoms with Gasteiger partial charge in [0.05, 0.1) is 19.8 Å². The number of carbonyl (C=O) groups excluding carboxylic acids is 1. The van der Waals surface area contributed by atoms with Gasteiger partial charge in [-0.25, -0.2) is 9.78 Å². The summed E-state index contributed by atoms with van der Waals surface area (Å²) in [5.74, 6) is 0.120.